The molecular formula is C24H27B2N3O2. The van der Waals surface area contributed by atoms with Gasteiger partial charge in [-0.25, -0.2) is 4.99 Å². The first-order chi connectivity index (χ1) is 14.7. The Bertz CT molecular complexity index is 1070. The molecule has 3 aliphatic rings. The molecule has 2 aliphatic carbocycles. The summed E-state index contributed by atoms with van der Waals surface area (Å²) in [5, 5.41) is -1.52. The molecule has 0 amide bonds. The number of hydrogen-bond donors (Lipinski definition) is 1. The number of hydrogen-bond acceptors (Lipinski definition) is 5. The molecule has 1 saturated carbocycles. The van der Waals surface area contributed by atoms with E-state index in [4.69, 9.17) is 35.9 Å². The van der Waals surface area contributed by atoms with E-state index >= 15 is 0 Å². The van der Waals surface area contributed by atoms with Crippen LogP contribution in [0.15, 0.2) is 41.7 Å². The van der Waals surface area contributed by atoms with Gasteiger partial charge in [0.05, 0.1) is 11.5 Å². The van der Waals surface area contributed by atoms with Gasteiger partial charge in [0, 0.05) is 30.5 Å². The summed E-state index contributed by atoms with van der Waals surface area (Å²) in [6.07, 6.45) is 7.48. The van der Waals surface area contributed by atoms with Crippen molar-refractivity contribution in [3.05, 3.63) is 53.3 Å². The second-order valence-electron chi connectivity index (χ2n) is 9.63. The molecule has 31 heavy (non-hydrogen) atoms. The van der Waals surface area contributed by atoms with Crippen LogP contribution in [0.1, 0.15) is 42.9 Å². The summed E-state index contributed by atoms with van der Waals surface area (Å²) in [6.45, 7) is 4.27. The van der Waals surface area contributed by atoms with Gasteiger partial charge in [0.15, 0.2) is 0 Å². The third kappa shape index (κ3) is 2.82. The number of rotatable bonds is 2. The van der Waals surface area contributed by atoms with E-state index in [1.807, 2.05) is 19.3 Å². The topological polar surface area (TPSA) is 69.7 Å². The summed E-state index contributed by atoms with van der Waals surface area (Å²) < 4.78 is 11.5. The van der Waals surface area contributed by atoms with Gasteiger partial charge in [0.2, 0.25) is 0 Å². The van der Waals surface area contributed by atoms with E-state index in [1.165, 1.54) is 5.56 Å². The lowest BCUT2D eigenvalue weighted by atomic mass is 9.44. The normalized spacial score (nSPS) is 33.3. The van der Waals surface area contributed by atoms with Crippen molar-refractivity contribution in [2.45, 2.75) is 56.6 Å². The minimum atomic E-state index is -1.52. The number of fused-ring (bicyclic) bond motifs is 3. The zero-order chi connectivity index (χ0) is 22.0. The molecule has 0 bridgehead atoms. The highest BCUT2D eigenvalue weighted by atomic mass is 16.5. The number of aromatic nitrogens is 1. The highest BCUT2D eigenvalue weighted by Crippen LogP contribution is 2.65. The van der Waals surface area contributed by atoms with Crippen LogP contribution in [-0.4, -0.2) is 45.3 Å². The predicted molar refractivity (Wildman–Crippen MR) is 123 cm³/mol. The minimum absolute atomic E-state index is 0.0568. The lowest BCUT2D eigenvalue weighted by Gasteiger charge is -2.53. The van der Waals surface area contributed by atoms with Gasteiger partial charge in [-0.2, -0.15) is 0 Å². The summed E-state index contributed by atoms with van der Waals surface area (Å²) in [6, 6.07) is 8.66. The van der Waals surface area contributed by atoms with Crippen LogP contribution in [0.4, 0.5) is 0 Å². The van der Waals surface area contributed by atoms with Gasteiger partial charge in [0.25, 0.3) is 6.02 Å². The number of nitrogens with zero attached hydrogens (tertiary/aromatic N) is 2. The molecule has 5 rings (SSSR count). The van der Waals surface area contributed by atoms with Crippen LogP contribution in [0.3, 0.4) is 0 Å². The summed E-state index contributed by atoms with van der Waals surface area (Å²) in [7, 11) is 15.1. The highest BCUT2D eigenvalue weighted by Gasteiger charge is 2.68. The Labute approximate surface area is 186 Å². The quantitative estimate of drug-likeness (QED) is 0.772. The summed E-state index contributed by atoms with van der Waals surface area (Å²) in [5.74, 6) is 0.346. The molecule has 5 nitrogen and oxygen atoms in total. The average Bonchev–Trinajstić information content (AvgIpc) is 3.12. The molecule has 4 radical (unpaired) electrons. The maximum absolute atomic E-state index is 6.67. The van der Waals surface area contributed by atoms with Crippen LogP contribution in [0.5, 0.6) is 0 Å². The standard InChI is InChI=1S/C24H27B2N3O2/c1-14-8-18(13-28-12-14)16-4-5-17-11-22(7-6-20(30-3)15(2)10-22)23(19(17)9-16)24(25,26)31-21(27)29-23/h4-5,8-9,12-13,15,20H,6-7,10-11H2,1-3H3,(H2,27,29)/t15-,20-,22-,23-/m0/s1. The number of methoxy groups -OCH3 is 1. The number of nitrogens with two attached hydrogens (primary N) is 1. The van der Waals surface area contributed by atoms with Crippen molar-refractivity contribution in [2.24, 2.45) is 22.1 Å². The van der Waals surface area contributed by atoms with Crippen LogP contribution in [0, 0.1) is 18.3 Å². The van der Waals surface area contributed by atoms with E-state index in [-0.39, 0.29) is 17.5 Å². The van der Waals surface area contributed by atoms with Gasteiger partial charge in [-0.3, -0.25) is 4.98 Å². The Morgan fingerprint density at radius 2 is 2.00 bits per heavy atom. The molecule has 4 atom stereocenters. The summed E-state index contributed by atoms with van der Waals surface area (Å²) in [5.41, 5.74) is 10.3. The fourth-order valence-corrected chi connectivity index (χ4v) is 6.46. The molecular weight excluding hydrogens is 384 g/mol. The zero-order valence-corrected chi connectivity index (χ0v) is 18.4. The molecule has 1 aromatic carbocycles. The predicted octanol–water partition coefficient (Wildman–Crippen LogP) is 2.97. The summed E-state index contributed by atoms with van der Waals surface area (Å²) >= 11 is 0. The maximum Gasteiger partial charge on any atom is 0.281 e. The molecule has 0 unspecified atom stereocenters. The first-order valence-electron chi connectivity index (χ1n) is 10.9. The molecule has 2 heterocycles. The van der Waals surface area contributed by atoms with Crippen molar-refractivity contribution in [1.29, 1.82) is 0 Å². The Kier molecular flexibility index (Phi) is 4.57. The van der Waals surface area contributed by atoms with Crippen molar-refractivity contribution in [3.63, 3.8) is 0 Å². The van der Waals surface area contributed by atoms with Gasteiger partial charge < -0.3 is 15.2 Å². The van der Waals surface area contributed by atoms with E-state index in [9.17, 15) is 0 Å². The van der Waals surface area contributed by atoms with Crippen molar-refractivity contribution in [3.8, 4) is 11.1 Å². The number of amidine groups is 1. The fraction of sp³-hybridized carbons (Fsp3) is 0.500. The van der Waals surface area contributed by atoms with E-state index in [1.54, 1.807) is 7.11 Å². The average molecular weight is 411 g/mol. The third-order valence-electron chi connectivity index (χ3n) is 7.68. The highest BCUT2D eigenvalue weighted by molar-refractivity contribution is 6.41. The van der Waals surface area contributed by atoms with Gasteiger partial charge in [-0.1, -0.05) is 19.1 Å². The molecule has 7 heteroatoms. The van der Waals surface area contributed by atoms with Crippen LogP contribution in [0.2, 0.25) is 0 Å². The Morgan fingerprint density at radius 1 is 1.19 bits per heavy atom. The van der Waals surface area contributed by atoms with E-state index in [2.05, 4.69) is 36.2 Å². The number of aryl methyl sites for hydroxylation is 1. The number of aliphatic imine (C=N–C) groups is 1. The van der Waals surface area contributed by atoms with Crippen LogP contribution >= 0.6 is 0 Å². The smallest absolute Gasteiger partial charge is 0.281 e. The lowest BCUT2D eigenvalue weighted by molar-refractivity contribution is -0.0559. The maximum atomic E-state index is 6.67. The Morgan fingerprint density at radius 3 is 2.65 bits per heavy atom. The first-order valence-corrected chi connectivity index (χ1v) is 10.9. The Balaban J connectivity index is 1.70. The van der Waals surface area contributed by atoms with Crippen LogP contribution in [-0.2, 0) is 21.4 Å². The van der Waals surface area contributed by atoms with Crippen LogP contribution in [0.25, 0.3) is 11.1 Å². The molecule has 1 aromatic heterocycles. The van der Waals surface area contributed by atoms with Crippen LogP contribution < -0.4 is 5.73 Å². The van der Waals surface area contributed by atoms with Crippen molar-refractivity contribution >= 4 is 21.7 Å². The molecule has 2 spiro atoms. The molecule has 2 N–H and O–H groups in total. The van der Waals surface area contributed by atoms with E-state index in [0.717, 1.165) is 47.9 Å². The molecule has 2 aromatic rings. The van der Waals surface area contributed by atoms with E-state index < -0.39 is 10.9 Å². The second kappa shape index (κ2) is 6.86. The fourth-order valence-electron chi connectivity index (χ4n) is 6.46. The number of benzene rings is 1. The first kappa shape index (κ1) is 20.6. The van der Waals surface area contributed by atoms with Gasteiger partial charge in [-0.15, -0.1) is 0 Å². The molecule has 1 fully saturated rings. The van der Waals surface area contributed by atoms with Gasteiger partial charge >= 0.3 is 0 Å². The van der Waals surface area contributed by atoms with Crippen molar-refractivity contribution in [1.82, 2.24) is 4.98 Å². The number of pyridine rings is 1. The molecule has 1 aliphatic heterocycles. The molecule has 156 valence electrons. The van der Waals surface area contributed by atoms with Gasteiger partial charge in [-0.05, 0) is 72.9 Å². The monoisotopic (exact) mass is 411 g/mol. The van der Waals surface area contributed by atoms with E-state index in [0.29, 0.717) is 5.92 Å². The second-order valence-corrected chi connectivity index (χ2v) is 9.63. The SMILES string of the molecule is [B]C1([B])OC(N)=N[C@]12c1cc(-c3cncc(C)c3)ccc1C[C@@]21CC[C@H](OC)[C@@H](C)C1. The lowest BCUT2D eigenvalue weighted by Crippen LogP contribution is -2.60. The van der Waals surface area contributed by atoms with Crippen molar-refractivity contribution in [2.75, 3.05) is 7.11 Å². The number of ether oxygens (including phenoxy) is 2. The Hall–Kier alpha value is -2.27. The third-order valence-corrected chi connectivity index (χ3v) is 7.68. The van der Waals surface area contributed by atoms with Gasteiger partial charge in [0.1, 0.15) is 21.2 Å². The zero-order valence-electron chi connectivity index (χ0n) is 18.4. The van der Waals surface area contributed by atoms with Crippen molar-refractivity contribution < 1.29 is 9.47 Å². The largest absolute Gasteiger partial charge is 0.476 e. The molecule has 0 saturated heterocycles. The summed E-state index contributed by atoms with van der Waals surface area (Å²) in [4.78, 5) is 9.25. The minimum Gasteiger partial charge on any atom is -0.476 e.